The fraction of sp³-hybridized carbons (Fsp3) is 1.00. The van der Waals surface area contributed by atoms with E-state index in [0.29, 0.717) is 0 Å². The second-order valence-corrected chi connectivity index (χ2v) is 2.41. The van der Waals surface area contributed by atoms with Crippen LogP contribution in [0, 0.1) is 0 Å². The van der Waals surface area contributed by atoms with Crippen LogP contribution < -0.4 is 0 Å². The smallest absolute Gasteiger partial charge is 0.322 e. The largest absolute Gasteiger partial charge is 0.325 e. The van der Waals surface area contributed by atoms with Crippen LogP contribution in [0.5, 0.6) is 0 Å². The van der Waals surface area contributed by atoms with Crippen molar-refractivity contribution in [1.29, 1.82) is 1.43 Å². The summed E-state index contributed by atoms with van der Waals surface area (Å²) in [5, 5.41) is 0. The maximum Gasteiger partial charge on any atom is 0.322 e. The van der Waals surface area contributed by atoms with Crippen molar-refractivity contribution in [3.63, 3.8) is 0 Å². The Labute approximate surface area is 31.3 Å². The molecule has 0 aromatic rings. The first kappa shape index (κ1) is 3.34. The minimum atomic E-state index is -3.48. The number of hydrogen-bond acceptors (Lipinski definition) is 2. The molecular formula is CH5O3P. The summed E-state index contributed by atoms with van der Waals surface area (Å²) in [6.07, 6.45) is 0. The van der Waals surface area contributed by atoms with E-state index < -0.39 is 7.60 Å². The molecule has 0 aliphatic heterocycles. The van der Waals surface area contributed by atoms with Crippen LogP contribution in [0.25, 0.3) is 0 Å². The molecule has 3 nitrogen and oxygen atoms in total. The Morgan fingerprint density at radius 3 is 2.40 bits per heavy atom. The minimum Gasteiger partial charge on any atom is -0.325 e. The molecule has 0 saturated heterocycles. The summed E-state index contributed by atoms with van der Waals surface area (Å²) in [4.78, 5) is 11.3. The topological polar surface area (TPSA) is 57.5 Å². The molecule has 0 bridgehead atoms. The van der Waals surface area contributed by atoms with Gasteiger partial charge in [-0.05, 0) is 0 Å². The maximum absolute atomic E-state index is 9.73. The van der Waals surface area contributed by atoms with Gasteiger partial charge in [-0.15, -0.1) is 0 Å². The zero-order valence-corrected chi connectivity index (χ0v) is 3.61. The molecule has 0 fully saturated rings. The SMILES string of the molecule is [2H]OP(C)(=O)O. The third kappa shape index (κ3) is 853. The maximum atomic E-state index is 9.73. The van der Waals surface area contributed by atoms with Gasteiger partial charge in [0.25, 0.3) is 0 Å². The Hall–Kier alpha value is 0.150. The van der Waals surface area contributed by atoms with E-state index in [1.54, 1.807) is 0 Å². The van der Waals surface area contributed by atoms with Crippen molar-refractivity contribution < 1.29 is 14.4 Å². The average molecular weight is 97.0 g/mol. The lowest BCUT2D eigenvalue weighted by Crippen LogP contribution is -1.64. The van der Waals surface area contributed by atoms with Gasteiger partial charge in [0.05, 0.1) is 0 Å². The predicted octanol–water partition coefficient (Wildman–Crippen LogP) is -0.206. The van der Waals surface area contributed by atoms with E-state index in [-0.39, 0.29) is 0 Å². The van der Waals surface area contributed by atoms with Crippen LogP contribution >= 0.6 is 7.60 Å². The standard InChI is InChI=1S/CH5O3P/c1-5(2,3)4/h1H3,(H2,2,3,4)/i/hD. The molecule has 0 rings (SSSR count). The van der Waals surface area contributed by atoms with Crippen molar-refractivity contribution >= 4 is 7.60 Å². The van der Waals surface area contributed by atoms with Crippen LogP contribution in [0.4, 0.5) is 0 Å². The summed E-state index contributed by atoms with van der Waals surface area (Å²) in [7, 11) is -3.48. The zero-order chi connectivity index (χ0) is 5.21. The third-order valence-corrected chi connectivity index (χ3v) is 0. The van der Waals surface area contributed by atoms with Gasteiger partial charge in [0.2, 0.25) is 1.43 Å². The van der Waals surface area contributed by atoms with Gasteiger partial charge in [0.1, 0.15) is 0 Å². The first-order valence-electron chi connectivity index (χ1n) is 1.42. The van der Waals surface area contributed by atoms with Gasteiger partial charge in [-0.2, -0.15) is 0 Å². The normalized spacial score (nSPS) is 24.0. The Kier molecular flexibility index (Phi) is 0.728. The molecule has 32 valence electrons. The van der Waals surface area contributed by atoms with Gasteiger partial charge in [0, 0.05) is 6.66 Å². The van der Waals surface area contributed by atoms with Gasteiger partial charge in [-0.3, -0.25) is 4.57 Å². The molecule has 4 heteroatoms. The molecule has 0 aliphatic carbocycles. The first-order chi connectivity index (χ1) is 2.56. The molecule has 0 aromatic heterocycles. The molecule has 0 aromatic carbocycles. The Balaban J connectivity index is 3.48. The van der Waals surface area contributed by atoms with E-state index in [1.165, 1.54) is 0 Å². The molecule has 0 spiro atoms. The van der Waals surface area contributed by atoms with E-state index in [1.807, 2.05) is 0 Å². The lowest BCUT2D eigenvalue weighted by Gasteiger charge is -1.84. The summed E-state index contributed by atoms with van der Waals surface area (Å²) in [5.41, 5.74) is 0. The van der Waals surface area contributed by atoms with Crippen molar-refractivity contribution in [1.82, 2.24) is 0 Å². The van der Waals surface area contributed by atoms with Crippen molar-refractivity contribution in [3.8, 4) is 0 Å². The first-order valence-corrected chi connectivity index (χ1v) is 3.04. The van der Waals surface area contributed by atoms with Gasteiger partial charge < -0.3 is 9.79 Å². The fourth-order valence-electron chi connectivity index (χ4n) is 0. The van der Waals surface area contributed by atoms with Crippen molar-refractivity contribution in [2.75, 3.05) is 6.66 Å². The molecular weight excluding hydrogens is 91.0 g/mol. The number of hydrogen-bond donors (Lipinski definition) is 2. The van der Waals surface area contributed by atoms with Gasteiger partial charge >= 0.3 is 7.60 Å². The van der Waals surface area contributed by atoms with Crippen LogP contribution in [0.2, 0.25) is 0 Å². The molecule has 0 heterocycles. The lowest BCUT2D eigenvalue weighted by molar-refractivity contribution is 0.381. The van der Waals surface area contributed by atoms with Crippen LogP contribution in [0.3, 0.4) is 0 Å². The minimum absolute atomic E-state index is 0.944. The number of rotatable bonds is 1. The molecule has 1 unspecified atom stereocenters. The van der Waals surface area contributed by atoms with Crippen molar-refractivity contribution in [2.45, 2.75) is 0 Å². The summed E-state index contributed by atoms with van der Waals surface area (Å²) < 4.78 is 15.6. The van der Waals surface area contributed by atoms with Crippen LogP contribution in [-0.2, 0) is 4.57 Å². The van der Waals surface area contributed by atoms with Gasteiger partial charge in [-0.1, -0.05) is 0 Å². The quantitative estimate of drug-likeness (QED) is 0.445. The molecule has 5 heavy (non-hydrogen) atoms. The summed E-state index contributed by atoms with van der Waals surface area (Å²) in [6.45, 7) is 0.944. The van der Waals surface area contributed by atoms with Crippen molar-refractivity contribution in [3.05, 3.63) is 0 Å². The third-order valence-electron chi connectivity index (χ3n) is 0. The Bertz CT molecular complexity index is 74.9. The highest BCUT2D eigenvalue weighted by molar-refractivity contribution is 7.50. The fourth-order valence-corrected chi connectivity index (χ4v) is 0. The molecule has 2 N–H and O–H groups in total. The molecule has 0 radical (unpaired) electrons. The highest BCUT2D eigenvalue weighted by atomic mass is 31.2. The highest BCUT2D eigenvalue weighted by Crippen LogP contribution is 2.26. The Morgan fingerprint density at radius 1 is 2.20 bits per heavy atom. The molecule has 0 amide bonds. The molecule has 0 saturated carbocycles. The van der Waals surface area contributed by atoms with E-state index >= 15 is 0 Å². The zero-order valence-electron chi connectivity index (χ0n) is 3.71. The second-order valence-electron chi connectivity index (χ2n) is 0.803. The average Bonchev–Trinajstić information content (AvgIpc) is 1.35. The monoisotopic (exact) mass is 97.0 g/mol. The molecule has 1 atom stereocenters. The second kappa shape index (κ2) is 1.09. The van der Waals surface area contributed by atoms with Crippen LogP contribution in [-0.4, -0.2) is 17.9 Å². The summed E-state index contributed by atoms with van der Waals surface area (Å²) in [6, 6.07) is 0. The molecule has 0 aliphatic rings. The lowest BCUT2D eigenvalue weighted by atomic mass is 12.0. The summed E-state index contributed by atoms with van der Waals surface area (Å²) >= 11 is 0. The van der Waals surface area contributed by atoms with Gasteiger partial charge in [0.15, 0.2) is 0 Å². The predicted molar refractivity (Wildman–Crippen MR) is 18.0 cm³/mol. The Morgan fingerprint density at radius 2 is 2.40 bits per heavy atom. The summed E-state index contributed by atoms with van der Waals surface area (Å²) in [5.74, 6) is 0. The van der Waals surface area contributed by atoms with E-state index in [4.69, 9.17) is 6.32 Å². The van der Waals surface area contributed by atoms with Crippen LogP contribution in [0.15, 0.2) is 0 Å². The van der Waals surface area contributed by atoms with E-state index in [2.05, 4.69) is 4.90 Å². The van der Waals surface area contributed by atoms with Gasteiger partial charge in [-0.25, -0.2) is 0 Å². The van der Waals surface area contributed by atoms with Crippen LogP contribution in [0.1, 0.15) is 0 Å². The van der Waals surface area contributed by atoms with Crippen molar-refractivity contribution in [2.24, 2.45) is 0 Å². The highest BCUT2D eigenvalue weighted by Gasteiger charge is 1.95. The van der Waals surface area contributed by atoms with E-state index in [9.17, 15) is 4.57 Å². The van der Waals surface area contributed by atoms with E-state index in [0.717, 1.165) is 6.66 Å².